The highest BCUT2D eigenvalue weighted by atomic mass is 19.3. The van der Waals surface area contributed by atoms with Crippen LogP contribution in [-0.2, 0) is 14.3 Å². The minimum Gasteiger partial charge on any atom is -0.433 e. The molecule has 2 fully saturated rings. The van der Waals surface area contributed by atoms with Gasteiger partial charge in [-0.05, 0) is 30.9 Å². The predicted molar refractivity (Wildman–Crippen MR) is 113 cm³/mol. The van der Waals surface area contributed by atoms with E-state index >= 15 is 0 Å². The summed E-state index contributed by atoms with van der Waals surface area (Å²) in [6.07, 6.45) is 0.147. The monoisotopic (exact) mass is 476 g/mol. The summed E-state index contributed by atoms with van der Waals surface area (Å²) in [6, 6.07) is 2.94. The molecule has 0 bridgehead atoms. The Bertz CT molecular complexity index is 825. The molecule has 33 heavy (non-hydrogen) atoms. The average molecular weight is 476 g/mol. The van der Waals surface area contributed by atoms with Gasteiger partial charge in [0.25, 0.3) is 12.3 Å². The van der Waals surface area contributed by atoms with Crippen LogP contribution >= 0.6 is 0 Å². The first-order chi connectivity index (χ1) is 15.8. The van der Waals surface area contributed by atoms with Gasteiger partial charge in [-0.3, -0.25) is 14.5 Å². The van der Waals surface area contributed by atoms with Crippen molar-refractivity contribution in [1.29, 1.82) is 0 Å². The minimum absolute atomic E-state index is 0.0798. The summed E-state index contributed by atoms with van der Waals surface area (Å²) >= 11 is 0. The van der Waals surface area contributed by atoms with Gasteiger partial charge in [-0.2, -0.15) is 8.78 Å². The maximum Gasteiger partial charge on any atom is 0.387 e. The Balaban J connectivity index is 1.79. The van der Waals surface area contributed by atoms with E-state index in [1.807, 2.05) is 0 Å². The van der Waals surface area contributed by atoms with E-state index in [0.717, 1.165) is 19.3 Å². The number of carbonyl (C=O) groups excluding carboxylic acids is 2. The van der Waals surface area contributed by atoms with Gasteiger partial charge in [-0.25, -0.2) is 8.78 Å². The molecule has 2 aliphatic rings. The summed E-state index contributed by atoms with van der Waals surface area (Å²) in [5.74, 6) is -1.19. The topological polar surface area (TPSA) is 97.1 Å². The molecule has 1 saturated heterocycles. The predicted octanol–water partition coefficient (Wildman–Crippen LogP) is 2.28. The molecule has 1 atom stereocenters. The van der Waals surface area contributed by atoms with Gasteiger partial charge in [-0.1, -0.05) is 6.42 Å². The third-order valence-electron chi connectivity index (χ3n) is 5.79. The van der Waals surface area contributed by atoms with Gasteiger partial charge >= 0.3 is 6.61 Å². The standard InChI is InChI=1S/C21H28F4N4O4/c22-18(23)11-28(10-13-2-1-3-13)16(9-26)20(31)27-15-5-4-14(8-17(15)33-21(24)25)29-6-7-32-12-19(29)30/h4-5,8,13,16,18,21H,1-3,6-7,9-12,26H2,(H,27,31)/t16-/m0/s1. The van der Waals surface area contributed by atoms with E-state index in [1.54, 1.807) is 0 Å². The molecule has 0 aromatic heterocycles. The molecule has 0 radical (unpaired) electrons. The number of nitrogens with zero attached hydrogens (tertiary/aromatic N) is 2. The number of hydrogen-bond acceptors (Lipinski definition) is 6. The first kappa shape index (κ1) is 25.2. The van der Waals surface area contributed by atoms with Crippen LogP contribution < -0.4 is 20.7 Å². The van der Waals surface area contributed by atoms with Gasteiger partial charge in [0.1, 0.15) is 12.6 Å². The SMILES string of the molecule is NC[C@@H](C(=O)Nc1ccc(N2CCOCC2=O)cc1OC(F)F)N(CC(F)F)CC1CCC1. The van der Waals surface area contributed by atoms with E-state index in [2.05, 4.69) is 10.1 Å². The molecule has 12 heteroatoms. The zero-order chi connectivity index (χ0) is 24.0. The number of morpholine rings is 1. The normalized spacial score (nSPS) is 18.1. The molecule has 0 unspecified atom stereocenters. The molecule has 2 amide bonds. The molecule has 8 nitrogen and oxygen atoms in total. The number of nitrogens with two attached hydrogens (primary N) is 1. The van der Waals surface area contributed by atoms with Crippen LogP contribution in [0.1, 0.15) is 19.3 Å². The van der Waals surface area contributed by atoms with Crippen LogP contribution in [0.5, 0.6) is 5.75 Å². The first-order valence-corrected chi connectivity index (χ1v) is 10.8. The molecule has 3 rings (SSSR count). The highest BCUT2D eigenvalue weighted by molar-refractivity contribution is 5.98. The van der Waals surface area contributed by atoms with Crippen molar-refractivity contribution in [3.05, 3.63) is 18.2 Å². The van der Waals surface area contributed by atoms with Crippen LogP contribution in [0.2, 0.25) is 0 Å². The summed E-state index contributed by atoms with van der Waals surface area (Å²) in [7, 11) is 0. The van der Waals surface area contributed by atoms with Gasteiger partial charge in [0.2, 0.25) is 5.91 Å². The fourth-order valence-corrected chi connectivity index (χ4v) is 3.92. The van der Waals surface area contributed by atoms with Gasteiger partial charge in [0.05, 0.1) is 18.8 Å². The van der Waals surface area contributed by atoms with E-state index in [1.165, 1.54) is 28.0 Å². The van der Waals surface area contributed by atoms with Crippen molar-refractivity contribution in [3.8, 4) is 5.75 Å². The fourth-order valence-electron chi connectivity index (χ4n) is 3.92. The quantitative estimate of drug-likeness (QED) is 0.476. The smallest absolute Gasteiger partial charge is 0.387 e. The Morgan fingerprint density at radius 2 is 2.06 bits per heavy atom. The van der Waals surface area contributed by atoms with E-state index < -0.39 is 31.5 Å². The van der Waals surface area contributed by atoms with Crippen LogP contribution in [0, 0.1) is 5.92 Å². The van der Waals surface area contributed by atoms with Crippen molar-refractivity contribution in [2.24, 2.45) is 11.7 Å². The number of anilines is 2. The second-order valence-electron chi connectivity index (χ2n) is 8.04. The molecular weight excluding hydrogens is 448 g/mol. The van der Waals surface area contributed by atoms with Crippen LogP contribution in [0.4, 0.5) is 28.9 Å². The Morgan fingerprint density at radius 3 is 2.64 bits per heavy atom. The molecule has 1 aliphatic carbocycles. The Morgan fingerprint density at radius 1 is 1.30 bits per heavy atom. The molecule has 1 aliphatic heterocycles. The number of carbonyl (C=O) groups is 2. The van der Waals surface area contributed by atoms with Crippen molar-refractivity contribution >= 4 is 23.2 Å². The van der Waals surface area contributed by atoms with Crippen LogP contribution in [0.3, 0.4) is 0 Å². The van der Waals surface area contributed by atoms with Crippen LogP contribution in [0.15, 0.2) is 18.2 Å². The summed E-state index contributed by atoms with van der Waals surface area (Å²) < 4.78 is 62.0. The number of amides is 2. The molecular formula is C21H28F4N4O4. The lowest BCUT2D eigenvalue weighted by molar-refractivity contribution is -0.125. The van der Waals surface area contributed by atoms with Gasteiger partial charge in [-0.15, -0.1) is 0 Å². The van der Waals surface area contributed by atoms with E-state index in [0.29, 0.717) is 12.2 Å². The molecule has 0 spiro atoms. The number of rotatable bonds is 11. The average Bonchev–Trinajstić information content (AvgIpc) is 2.72. The molecule has 184 valence electrons. The molecule has 1 aromatic rings. The highest BCUT2D eigenvalue weighted by Crippen LogP contribution is 2.33. The number of ether oxygens (including phenoxy) is 2. The zero-order valence-electron chi connectivity index (χ0n) is 18.0. The third kappa shape index (κ3) is 6.78. The molecule has 3 N–H and O–H groups in total. The van der Waals surface area contributed by atoms with Gasteiger partial charge in [0.15, 0.2) is 5.75 Å². The van der Waals surface area contributed by atoms with E-state index in [-0.39, 0.29) is 49.6 Å². The highest BCUT2D eigenvalue weighted by Gasteiger charge is 2.31. The Labute approximate surface area is 189 Å². The Hall–Kier alpha value is -2.44. The van der Waals surface area contributed by atoms with Crippen molar-refractivity contribution < 1.29 is 36.6 Å². The van der Waals surface area contributed by atoms with E-state index in [4.69, 9.17) is 10.5 Å². The fraction of sp³-hybridized carbons (Fsp3) is 0.619. The largest absolute Gasteiger partial charge is 0.433 e. The maximum atomic E-state index is 13.1. The van der Waals surface area contributed by atoms with E-state index in [9.17, 15) is 27.2 Å². The zero-order valence-corrected chi connectivity index (χ0v) is 18.0. The van der Waals surface area contributed by atoms with Gasteiger partial charge in [0, 0.05) is 31.4 Å². The lowest BCUT2D eigenvalue weighted by Gasteiger charge is -2.36. The number of alkyl halides is 4. The van der Waals surface area contributed by atoms with Crippen LogP contribution in [0.25, 0.3) is 0 Å². The lowest BCUT2D eigenvalue weighted by atomic mass is 9.85. The lowest BCUT2D eigenvalue weighted by Crippen LogP contribution is -2.52. The third-order valence-corrected chi connectivity index (χ3v) is 5.79. The summed E-state index contributed by atoms with van der Waals surface area (Å²) in [6.45, 7) is -3.34. The Kier molecular flexibility index (Phi) is 8.87. The number of benzene rings is 1. The van der Waals surface area contributed by atoms with Crippen molar-refractivity contribution in [2.45, 2.75) is 38.3 Å². The molecule has 1 heterocycles. The summed E-state index contributed by atoms with van der Waals surface area (Å²) in [5, 5.41) is 2.48. The number of halogens is 4. The van der Waals surface area contributed by atoms with Crippen LogP contribution in [-0.4, -0.2) is 75.2 Å². The summed E-state index contributed by atoms with van der Waals surface area (Å²) in [5.41, 5.74) is 5.96. The number of nitrogens with one attached hydrogen (secondary N) is 1. The van der Waals surface area contributed by atoms with Gasteiger partial charge < -0.3 is 25.4 Å². The van der Waals surface area contributed by atoms with Crippen molar-refractivity contribution in [1.82, 2.24) is 4.90 Å². The second-order valence-corrected chi connectivity index (χ2v) is 8.04. The second kappa shape index (κ2) is 11.6. The molecule has 1 aromatic carbocycles. The summed E-state index contributed by atoms with van der Waals surface area (Å²) in [4.78, 5) is 27.7. The molecule has 1 saturated carbocycles. The number of hydrogen-bond donors (Lipinski definition) is 2. The van der Waals surface area contributed by atoms with Crippen molar-refractivity contribution in [3.63, 3.8) is 0 Å². The first-order valence-electron chi connectivity index (χ1n) is 10.8. The van der Waals surface area contributed by atoms with Crippen molar-refractivity contribution in [2.75, 3.05) is 49.6 Å². The minimum atomic E-state index is -3.18. The maximum absolute atomic E-state index is 13.1.